The highest BCUT2D eigenvalue weighted by Gasteiger charge is 2.09. The van der Waals surface area contributed by atoms with E-state index in [2.05, 4.69) is 27.4 Å². The lowest BCUT2D eigenvalue weighted by Gasteiger charge is -2.19. The maximum atomic E-state index is 5.76. The minimum Gasteiger partial charge on any atom is -0.367 e. The van der Waals surface area contributed by atoms with E-state index in [0.29, 0.717) is 11.2 Å². The summed E-state index contributed by atoms with van der Waals surface area (Å²) in [7, 11) is 0. The van der Waals surface area contributed by atoms with Crippen LogP contribution in [0.25, 0.3) is 0 Å². The monoisotopic (exact) mass is 209 g/mol. The molecule has 14 heavy (non-hydrogen) atoms. The van der Waals surface area contributed by atoms with Crippen molar-refractivity contribution in [3.63, 3.8) is 0 Å². The number of nitrogens with zero attached hydrogens (tertiary/aromatic N) is 2. The van der Waals surface area contributed by atoms with E-state index in [-0.39, 0.29) is 0 Å². The predicted octanol–water partition coefficient (Wildman–Crippen LogP) is 2.65. The summed E-state index contributed by atoms with van der Waals surface area (Å²) >= 11 is 5.76. The number of hydrogen-bond acceptors (Lipinski definition) is 3. The quantitative estimate of drug-likeness (QED) is 0.601. The molecule has 0 amide bonds. The molecule has 1 N–H and O–H groups in total. The Balaban J connectivity index is 1.99. The molecule has 0 saturated carbocycles. The van der Waals surface area contributed by atoms with Crippen LogP contribution in [0.1, 0.15) is 19.3 Å². The number of anilines is 1. The van der Waals surface area contributed by atoms with Gasteiger partial charge in [-0.05, 0) is 19.3 Å². The molecule has 0 aliphatic heterocycles. The summed E-state index contributed by atoms with van der Waals surface area (Å²) in [6.07, 6.45) is 9.23. The molecule has 1 aromatic rings. The molecule has 1 atom stereocenters. The van der Waals surface area contributed by atoms with Crippen molar-refractivity contribution in [2.75, 3.05) is 5.32 Å². The summed E-state index contributed by atoms with van der Waals surface area (Å²) in [4.78, 5) is 7.94. The van der Waals surface area contributed by atoms with Crippen LogP contribution in [0, 0.1) is 0 Å². The molecule has 74 valence electrons. The van der Waals surface area contributed by atoms with E-state index in [9.17, 15) is 0 Å². The molecule has 0 bridgehead atoms. The van der Waals surface area contributed by atoms with Crippen molar-refractivity contribution in [1.29, 1.82) is 0 Å². The number of aromatic nitrogens is 2. The minimum absolute atomic E-state index is 0.478. The maximum Gasteiger partial charge on any atom is 0.134 e. The Labute approximate surface area is 88.2 Å². The highest BCUT2D eigenvalue weighted by molar-refractivity contribution is 6.29. The number of rotatable bonds is 2. The van der Waals surface area contributed by atoms with Gasteiger partial charge in [-0.15, -0.1) is 0 Å². The summed E-state index contributed by atoms with van der Waals surface area (Å²) in [5.74, 6) is 0.810. The predicted molar refractivity (Wildman–Crippen MR) is 57.4 cm³/mol. The zero-order valence-electron chi connectivity index (χ0n) is 7.78. The van der Waals surface area contributed by atoms with E-state index < -0.39 is 0 Å². The third-order valence-electron chi connectivity index (χ3n) is 2.25. The average molecular weight is 210 g/mol. The van der Waals surface area contributed by atoms with Gasteiger partial charge in [0.2, 0.25) is 0 Å². The van der Waals surface area contributed by atoms with Crippen molar-refractivity contribution in [1.82, 2.24) is 9.97 Å². The van der Waals surface area contributed by atoms with Gasteiger partial charge in [-0.2, -0.15) is 0 Å². The lowest BCUT2D eigenvalue weighted by atomic mass is 10.0. The Morgan fingerprint density at radius 2 is 2.29 bits per heavy atom. The van der Waals surface area contributed by atoms with Crippen LogP contribution in [0.4, 0.5) is 5.82 Å². The number of allylic oxidation sites excluding steroid dienone is 1. The molecule has 1 heterocycles. The van der Waals surface area contributed by atoms with Crippen molar-refractivity contribution < 1.29 is 0 Å². The van der Waals surface area contributed by atoms with Gasteiger partial charge in [0.1, 0.15) is 17.3 Å². The Bertz CT molecular complexity index is 338. The Morgan fingerprint density at radius 1 is 1.36 bits per heavy atom. The number of nitrogens with one attached hydrogen (secondary N) is 1. The van der Waals surface area contributed by atoms with Crippen LogP contribution < -0.4 is 5.32 Å². The first-order chi connectivity index (χ1) is 6.84. The average Bonchev–Trinajstić information content (AvgIpc) is 2.19. The van der Waals surface area contributed by atoms with Gasteiger partial charge in [-0.1, -0.05) is 23.8 Å². The normalized spacial score (nSPS) is 20.8. The molecular weight excluding hydrogens is 198 g/mol. The molecule has 1 unspecified atom stereocenters. The van der Waals surface area contributed by atoms with Crippen LogP contribution in [-0.4, -0.2) is 16.0 Å². The fraction of sp³-hybridized carbons (Fsp3) is 0.400. The van der Waals surface area contributed by atoms with Gasteiger partial charge >= 0.3 is 0 Å². The fourth-order valence-corrected chi connectivity index (χ4v) is 1.69. The first-order valence-corrected chi connectivity index (χ1v) is 5.11. The third-order valence-corrected chi connectivity index (χ3v) is 2.46. The molecule has 0 saturated heterocycles. The largest absolute Gasteiger partial charge is 0.367 e. The molecule has 0 spiro atoms. The molecule has 4 heteroatoms. The second kappa shape index (κ2) is 4.42. The van der Waals surface area contributed by atoms with Gasteiger partial charge in [-0.3, -0.25) is 0 Å². The Kier molecular flexibility index (Phi) is 2.99. The summed E-state index contributed by atoms with van der Waals surface area (Å²) in [6, 6.07) is 2.23. The van der Waals surface area contributed by atoms with Crippen molar-refractivity contribution in [2.45, 2.75) is 25.3 Å². The standard InChI is InChI=1S/C10H12ClN3/c11-9-6-10(13-7-12-9)14-8-4-2-1-3-5-8/h1-2,6-8H,3-5H2,(H,12,13,14). The molecule has 0 radical (unpaired) electrons. The van der Waals surface area contributed by atoms with Gasteiger partial charge in [-0.25, -0.2) is 9.97 Å². The highest BCUT2D eigenvalue weighted by Crippen LogP contribution is 2.16. The van der Waals surface area contributed by atoms with Crippen LogP contribution in [0.3, 0.4) is 0 Å². The maximum absolute atomic E-state index is 5.76. The van der Waals surface area contributed by atoms with E-state index in [0.717, 1.165) is 25.1 Å². The second-order valence-corrected chi connectivity index (χ2v) is 3.74. The zero-order valence-corrected chi connectivity index (χ0v) is 8.54. The van der Waals surface area contributed by atoms with Crippen LogP contribution in [0.15, 0.2) is 24.5 Å². The van der Waals surface area contributed by atoms with Crippen LogP contribution in [0.5, 0.6) is 0 Å². The van der Waals surface area contributed by atoms with E-state index in [1.165, 1.54) is 6.33 Å². The fourth-order valence-electron chi connectivity index (χ4n) is 1.55. The second-order valence-electron chi connectivity index (χ2n) is 3.35. The van der Waals surface area contributed by atoms with Gasteiger partial charge in [0.05, 0.1) is 0 Å². The summed E-state index contributed by atoms with van der Waals surface area (Å²) < 4.78 is 0. The van der Waals surface area contributed by atoms with Gasteiger partial charge in [0.25, 0.3) is 0 Å². The van der Waals surface area contributed by atoms with E-state index in [4.69, 9.17) is 11.6 Å². The van der Waals surface area contributed by atoms with Crippen LogP contribution >= 0.6 is 11.6 Å². The molecule has 2 rings (SSSR count). The lowest BCUT2D eigenvalue weighted by Crippen LogP contribution is -2.20. The number of hydrogen-bond donors (Lipinski definition) is 1. The molecule has 1 aliphatic rings. The Hall–Kier alpha value is -1.09. The summed E-state index contributed by atoms with van der Waals surface area (Å²) in [5, 5.41) is 3.82. The number of halogens is 1. The first-order valence-electron chi connectivity index (χ1n) is 4.73. The molecule has 1 aromatic heterocycles. The van der Waals surface area contributed by atoms with E-state index >= 15 is 0 Å². The van der Waals surface area contributed by atoms with E-state index in [1.54, 1.807) is 6.07 Å². The lowest BCUT2D eigenvalue weighted by molar-refractivity contribution is 0.642. The van der Waals surface area contributed by atoms with Gasteiger partial charge < -0.3 is 5.32 Å². The highest BCUT2D eigenvalue weighted by atomic mass is 35.5. The van der Waals surface area contributed by atoms with Crippen LogP contribution in [0.2, 0.25) is 5.15 Å². The minimum atomic E-state index is 0.478. The molecule has 1 aliphatic carbocycles. The zero-order chi connectivity index (χ0) is 9.80. The molecule has 0 fully saturated rings. The Morgan fingerprint density at radius 3 is 3.00 bits per heavy atom. The van der Waals surface area contributed by atoms with Crippen molar-refractivity contribution in [3.8, 4) is 0 Å². The van der Waals surface area contributed by atoms with Crippen molar-refractivity contribution in [3.05, 3.63) is 29.7 Å². The van der Waals surface area contributed by atoms with Gasteiger partial charge in [0, 0.05) is 12.1 Å². The topological polar surface area (TPSA) is 37.8 Å². The molecule has 3 nitrogen and oxygen atoms in total. The smallest absolute Gasteiger partial charge is 0.134 e. The van der Waals surface area contributed by atoms with E-state index in [1.807, 2.05) is 0 Å². The third kappa shape index (κ3) is 2.45. The summed E-state index contributed by atoms with van der Waals surface area (Å²) in [5.41, 5.74) is 0. The first kappa shape index (κ1) is 9.46. The van der Waals surface area contributed by atoms with Crippen LogP contribution in [-0.2, 0) is 0 Å². The summed E-state index contributed by atoms with van der Waals surface area (Å²) in [6.45, 7) is 0. The van der Waals surface area contributed by atoms with Gasteiger partial charge in [0.15, 0.2) is 0 Å². The SMILES string of the molecule is Clc1cc(NC2CC=CCC2)ncn1. The molecule has 0 aromatic carbocycles. The van der Waals surface area contributed by atoms with Crippen molar-refractivity contribution >= 4 is 17.4 Å². The van der Waals surface area contributed by atoms with Crippen molar-refractivity contribution in [2.24, 2.45) is 0 Å². The molecular formula is C10H12ClN3.